The molecule has 0 aliphatic heterocycles. The Labute approximate surface area is 125 Å². The molecule has 0 amide bonds. The van der Waals surface area contributed by atoms with Crippen molar-refractivity contribution in [1.82, 2.24) is 0 Å². The lowest BCUT2D eigenvalue weighted by atomic mass is 10.1. The van der Waals surface area contributed by atoms with E-state index in [0.717, 1.165) is 22.4 Å². The van der Waals surface area contributed by atoms with Gasteiger partial charge in [-0.2, -0.15) is 0 Å². The van der Waals surface area contributed by atoms with Gasteiger partial charge in [0.1, 0.15) is 18.2 Å². The number of alkyl halides is 1. The summed E-state index contributed by atoms with van der Waals surface area (Å²) in [5.74, 6) is 0.512. The third-order valence-electron chi connectivity index (χ3n) is 2.90. The van der Waals surface area contributed by atoms with Crippen LogP contribution >= 0.6 is 27.5 Å². The molecular formula is C15H13BrClFO. The third-order valence-corrected chi connectivity index (χ3v) is 3.81. The summed E-state index contributed by atoms with van der Waals surface area (Å²) in [6, 6.07) is 10.2. The number of halogens is 3. The van der Waals surface area contributed by atoms with Crippen LogP contribution in [0.4, 0.5) is 4.39 Å². The van der Waals surface area contributed by atoms with Crippen LogP contribution in [0.25, 0.3) is 0 Å². The first kappa shape index (κ1) is 14.4. The fraction of sp³-hybridized carbons (Fsp3) is 0.200. The second-order valence-electron chi connectivity index (χ2n) is 4.21. The summed E-state index contributed by atoms with van der Waals surface area (Å²) in [5.41, 5.74) is 2.76. The largest absolute Gasteiger partial charge is 0.489 e. The Balaban J connectivity index is 2.17. The summed E-state index contributed by atoms with van der Waals surface area (Å²) in [6.45, 7) is 2.26. The van der Waals surface area contributed by atoms with Crippen molar-refractivity contribution in [3.05, 3.63) is 63.9 Å². The standard InChI is InChI=1S/C15H13BrClFO/c1-10-7-12(18)6-5-11(10)9-19-15-4-2-3-14(17)13(15)8-16/h2-7H,8-9H2,1H3. The minimum absolute atomic E-state index is 0.231. The van der Waals surface area contributed by atoms with E-state index in [2.05, 4.69) is 15.9 Å². The molecule has 0 aliphatic rings. The number of hydrogen-bond acceptors (Lipinski definition) is 1. The lowest BCUT2D eigenvalue weighted by Gasteiger charge is -2.12. The van der Waals surface area contributed by atoms with E-state index in [0.29, 0.717) is 17.0 Å². The first-order chi connectivity index (χ1) is 9.11. The molecule has 2 aromatic carbocycles. The Morgan fingerprint density at radius 2 is 2.05 bits per heavy atom. The van der Waals surface area contributed by atoms with Crippen molar-refractivity contribution in [2.45, 2.75) is 18.9 Å². The molecule has 0 saturated heterocycles. The van der Waals surface area contributed by atoms with Crippen LogP contribution in [0.2, 0.25) is 5.02 Å². The maximum Gasteiger partial charge on any atom is 0.125 e. The summed E-state index contributed by atoms with van der Waals surface area (Å²) in [7, 11) is 0. The molecule has 0 spiro atoms. The van der Waals surface area contributed by atoms with Gasteiger partial charge in [-0.1, -0.05) is 39.7 Å². The van der Waals surface area contributed by atoms with Crippen molar-refractivity contribution in [2.24, 2.45) is 0 Å². The van der Waals surface area contributed by atoms with E-state index in [1.807, 2.05) is 25.1 Å². The average molecular weight is 344 g/mol. The zero-order valence-electron chi connectivity index (χ0n) is 10.4. The van der Waals surface area contributed by atoms with Crippen molar-refractivity contribution < 1.29 is 9.13 Å². The molecule has 0 aliphatic carbocycles. The number of aryl methyl sites for hydroxylation is 1. The first-order valence-electron chi connectivity index (χ1n) is 5.83. The lowest BCUT2D eigenvalue weighted by molar-refractivity contribution is 0.303. The quantitative estimate of drug-likeness (QED) is 0.688. The van der Waals surface area contributed by atoms with E-state index in [-0.39, 0.29) is 5.82 Å². The molecule has 0 aromatic heterocycles. The monoisotopic (exact) mass is 342 g/mol. The first-order valence-corrected chi connectivity index (χ1v) is 7.33. The molecule has 2 aromatic rings. The molecule has 0 fully saturated rings. The highest BCUT2D eigenvalue weighted by molar-refractivity contribution is 9.08. The Morgan fingerprint density at radius 3 is 2.74 bits per heavy atom. The number of benzene rings is 2. The summed E-state index contributed by atoms with van der Waals surface area (Å²) in [6.07, 6.45) is 0. The van der Waals surface area contributed by atoms with Crippen molar-refractivity contribution in [3.63, 3.8) is 0 Å². The van der Waals surface area contributed by atoms with Gasteiger partial charge < -0.3 is 4.74 Å². The molecule has 2 rings (SSSR count). The Hall–Kier alpha value is -1.06. The van der Waals surface area contributed by atoms with Gasteiger partial charge in [-0.25, -0.2) is 4.39 Å². The zero-order chi connectivity index (χ0) is 13.8. The normalized spacial score (nSPS) is 10.5. The van der Waals surface area contributed by atoms with Gasteiger partial charge in [-0.3, -0.25) is 0 Å². The minimum Gasteiger partial charge on any atom is -0.489 e. The van der Waals surface area contributed by atoms with Crippen LogP contribution < -0.4 is 4.74 Å². The highest BCUT2D eigenvalue weighted by atomic mass is 79.9. The van der Waals surface area contributed by atoms with E-state index in [1.165, 1.54) is 12.1 Å². The summed E-state index contributed by atoms with van der Waals surface area (Å²) in [4.78, 5) is 0. The molecule has 0 N–H and O–H groups in total. The molecule has 0 bridgehead atoms. The summed E-state index contributed by atoms with van der Waals surface area (Å²) in [5, 5.41) is 1.30. The van der Waals surface area contributed by atoms with Crippen LogP contribution in [0.1, 0.15) is 16.7 Å². The van der Waals surface area contributed by atoms with Gasteiger partial charge in [0.05, 0.1) is 0 Å². The maximum atomic E-state index is 13.0. The van der Waals surface area contributed by atoms with E-state index in [9.17, 15) is 4.39 Å². The topological polar surface area (TPSA) is 9.23 Å². The van der Waals surface area contributed by atoms with Crippen LogP contribution in [0.15, 0.2) is 36.4 Å². The van der Waals surface area contributed by atoms with Crippen molar-refractivity contribution in [2.75, 3.05) is 0 Å². The van der Waals surface area contributed by atoms with Crippen LogP contribution in [0.3, 0.4) is 0 Å². The number of rotatable bonds is 4. The van der Waals surface area contributed by atoms with E-state index >= 15 is 0 Å². The molecule has 19 heavy (non-hydrogen) atoms. The predicted octanol–water partition coefficient (Wildman–Crippen LogP) is 5.26. The van der Waals surface area contributed by atoms with Gasteiger partial charge in [0.2, 0.25) is 0 Å². The van der Waals surface area contributed by atoms with Crippen LogP contribution in [0, 0.1) is 12.7 Å². The Morgan fingerprint density at radius 1 is 1.26 bits per heavy atom. The minimum atomic E-state index is -0.231. The Kier molecular flexibility index (Phi) is 4.83. The predicted molar refractivity (Wildman–Crippen MR) is 79.6 cm³/mol. The van der Waals surface area contributed by atoms with Crippen LogP contribution in [0.5, 0.6) is 5.75 Å². The molecule has 0 atom stereocenters. The fourth-order valence-electron chi connectivity index (χ4n) is 1.78. The molecule has 0 heterocycles. The van der Waals surface area contributed by atoms with Crippen molar-refractivity contribution in [3.8, 4) is 5.75 Å². The molecule has 0 saturated carbocycles. The van der Waals surface area contributed by atoms with E-state index in [4.69, 9.17) is 16.3 Å². The highest BCUT2D eigenvalue weighted by Gasteiger charge is 2.08. The number of hydrogen-bond donors (Lipinski definition) is 0. The summed E-state index contributed by atoms with van der Waals surface area (Å²) >= 11 is 9.50. The molecule has 0 radical (unpaired) electrons. The van der Waals surface area contributed by atoms with E-state index in [1.54, 1.807) is 6.07 Å². The molecule has 100 valence electrons. The van der Waals surface area contributed by atoms with Crippen LogP contribution in [-0.2, 0) is 11.9 Å². The molecular weight excluding hydrogens is 331 g/mol. The smallest absolute Gasteiger partial charge is 0.125 e. The fourth-order valence-corrected chi connectivity index (χ4v) is 2.75. The SMILES string of the molecule is Cc1cc(F)ccc1COc1cccc(Cl)c1CBr. The average Bonchev–Trinajstić information content (AvgIpc) is 2.38. The van der Waals surface area contributed by atoms with Gasteiger partial charge in [-0.15, -0.1) is 0 Å². The van der Waals surface area contributed by atoms with Crippen LogP contribution in [-0.4, -0.2) is 0 Å². The maximum absolute atomic E-state index is 13.0. The second-order valence-corrected chi connectivity index (χ2v) is 5.18. The van der Waals surface area contributed by atoms with Crippen molar-refractivity contribution in [1.29, 1.82) is 0 Å². The van der Waals surface area contributed by atoms with E-state index < -0.39 is 0 Å². The van der Waals surface area contributed by atoms with Crippen molar-refractivity contribution >= 4 is 27.5 Å². The zero-order valence-corrected chi connectivity index (χ0v) is 12.8. The molecule has 4 heteroatoms. The second kappa shape index (κ2) is 6.40. The summed E-state index contributed by atoms with van der Waals surface area (Å²) < 4.78 is 18.8. The van der Waals surface area contributed by atoms with Gasteiger partial charge >= 0.3 is 0 Å². The third kappa shape index (κ3) is 3.48. The van der Waals surface area contributed by atoms with Gasteiger partial charge in [-0.05, 0) is 42.3 Å². The Bertz CT molecular complexity index is 586. The van der Waals surface area contributed by atoms with Gasteiger partial charge in [0, 0.05) is 15.9 Å². The highest BCUT2D eigenvalue weighted by Crippen LogP contribution is 2.29. The molecule has 1 nitrogen and oxygen atoms in total. The molecule has 0 unspecified atom stereocenters. The number of ether oxygens (including phenoxy) is 1. The van der Waals surface area contributed by atoms with Gasteiger partial charge in [0.15, 0.2) is 0 Å². The lowest BCUT2D eigenvalue weighted by Crippen LogP contribution is -2.00. The van der Waals surface area contributed by atoms with Gasteiger partial charge in [0.25, 0.3) is 0 Å².